The number of hydrogen-bond donors (Lipinski definition) is 1. The van der Waals surface area contributed by atoms with E-state index in [0.717, 1.165) is 45.9 Å². The first-order chi connectivity index (χ1) is 10.3. The maximum Gasteiger partial charge on any atom is 0.254 e. The summed E-state index contributed by atoms with van der Waals surface area (Å²) in [4.78, 5) is 14.5. The van der Waals surface area contributed by atoms with E-state index in [1.807, 2.05) is 0 Å². The van der Waals surface area contributed by atoms with Gasteiger partial charge in [-0.15, -0.1) is 0 Å². The van der Waals surface area contributed by atoms with Crippen molar-refractivity contribution in [2.75, 3.05) is 46.1 Å². The Labute approximate surface area is 124 Å². The summed E-state index contributed by atoms with van der Waals surface area (Å²) in [5, 5.41) is 3.02. The van der Waals surface area contributed by atoms with Crippen LogP contribution in [0.1, 0.15) is 16.8 Å². The van der Waals surface area contributed by atoms with Gasteiger partial charge in [-0.25, -0.2) is 0 Å². The molecule has 2 saturated heterocycles. The van der Waals surface area contributed by atoms with E-state index in [-0.39, 0.29) is 5.91 Å². The average molecular weight is 294 g/mol. The number of carbonyl (C=O) groups excluding carboxylic acids is 1. The Hall–Kier alpha value is -1.37. The van der Waals surface area contributed by atoms with Gasteiger partial charge in [-0.05, 0) is 12.5 Å². The van der Waals surface area contributed by atoms with Crippen molar-refractivity contribution in [2.45, 2.75) is 12.5 Å². The Bertz CT molecular complexity index is 437. The quantitative estimate of drug-likeness (QED) is 0.868. The van der Waals surface area contributed by atoms with Gasteiger partial charge in [0, 0.05) is 38.2 Å². The molecule has 2 fully saturated rings. The van der Waals surface area contributed by atoms with E-state index in [1.54, 1.807) is 6.07 Å². The third-order valence-corrected chi connectivity index (χ3v) is 4.28. The first-order valence-electron chi connectivity index (χ1n) is 7.54. The van der Waals surface area contributed by atoms with E-state index in [2.05, 4.69) is 10.2 Å². The lowest BCUT2D eigenvalue weighted by molar-refractivity contribution is 0.00166. The van der Waals surface area contributed by atoms with E-state index in [9.17, 15) is 4.79 Å². The van der Waals surface area contributed by atoms with Crippen molar-refractivity contribution < 1.29 is 18.7 Å². The number of rotatable bonds is 5. The molecule has 0 bridgehead atoms. The second-order valence-corrected chi connectivity index (χ2v) is 5.56. The van der Waals surface area contributed by atoms with Gasteiger partial charge in [0.05, 0.1) is 31.6 Å². The second-order valence-electron chi connectivity index (χ2n) is 5.56. The zero-order chi connectivity index (χ0) is 14.5. The molecular formula is C15H22N2O4. The van der Waals surface area contributed by atoms with Crippen LogP contribution >= 0.6 is 0 Å². The van der Waals surface area contributed by atoms with Crippen molar-refractivity contribution >= 4 is 5.91 Å². The van der Waals surface area contributed by atoms with Gasteiger partial charge in [-0.1, -0.05) is 0 Å². The van der Waals surface area contributed by atoms with Crippen molar-refractivity contribution in [1.29, 1.82) is 0 Å². The molecular weight excluding hydrogens is 272 g/mol. The molecule has 6 nitrogen and oxygen atoms in total. The molecule has 1 amide bonds. The number of nitrogens with one attached hydrogen (secondary N) is 1. The molecule has 116 valence electrons. The molecule has 0 spiro atoms. The van der Waals surface area contributed by atoms with Crippen LogP contribution in [0.2, 0.25) is 0 Å². The molecule has 0 aromatic carbocycles. The van der Waals surface area contributed by atoms with Gasteiger partial charge in [0.2, 0.25) is 0 Å². The van der Waals surface area contributed by atoms with Gasteiger partial charge >= 0.3 is 0 Å². The predicted octanol–water partition coefficient (Wildman–Crippen LogP) is 0.747. The smallest absolute Gasteiger partial charge is 0.254 e. The summed E-state index contributed by atoms with van der Waals surface area (Å²) in [5.41, 5.74) is 0.568. The monoisotopic (exact) mass is 294 g/mol. The third kappa shape index (κ3) is 3.64. The Morgan fingerprint density at radius 2 is 2.19 bits per heavy atom. The van der Waals surface area contributed by atoms with E-state index < -0.39 is 0 Å². The van der Waals surface area contributed by atoms with Crippen LogP contribution in [0.25, 0.3) is 0 Å². The van der Waals surface area contributed by atoms with Crippen molar-refractivity contribution in [2.24, 2.45) is 5.92 Å². The van der Waals surface area contributed by atoms with E-state index in [0.29, 0.717) is 24.1 Å². The van der Waals surface area contributed by atoms with Gasteiger partial charge in [-0.2, -0.15) is 0 Å². The normalized spacial score (nSPS) is 24.9. The van der Waals surface area contributed by atoms with E-state index in [1.165, 1.54) is 12.5 Å². The molecule has 6 heteroatoms. The highest BCUT2D eigenvalue weighted by Gasteiger charge is 2.31. The Morgan fingerprint density at radius 3 is 2.86 bits per heavy atom. The Kier molecular flexibility index (Phi) is 4.90. The zero-order valence-corrected chi connectivity index (χ0v) is 12.1. The van der Waals surface area contributed by atoms with Crippen LogP contribution < -0.4 is 5.32 Å². The highest BCUT2D eigenvalue weighted by atomic mass is 16.5. The molecule has 21 heavy (non-hydrogen) atoms. The number of ether oxygens (including phenoxy) is 2. The van der Waals surface area contributed by atoms with Crippen LogP contribution in [0.3, 0.4) is 0 Å². The first-order valence-corrected chi connectivity index (χ1v) is 7.54. The van der Waals surface area contributed by atoms with Gasteiger partial charge in [0.1, 0.15) is 6.26 Å². The molecule has 0 radical (unpaired) electrons. The van der Waals surface area contributed by atoms with Gasteiger partial charge in [0.25, 0.3) is 5.91 Å². The zero-order valence-electron chi connectivity index (χ0n) is 12.1. The molecule has 2 aliphatic heterocycles. The minimum Gasteiger partial charge on any atom is -0.472 e. The number of furan rings is 1. The standard InChI is InChI=1S/C15H22N2O4/c18-15(13-2-6-21-11-13)16-9-14(12-1-5-20-10-12)17-3-7-19-8-4-17/h2,6,11-12,14H,1,3-5,7-10H2,(H,16,18)/t12-,14-/m0/s1. The topological polar surface area (TPSA) is 63.9 Å². The summed E-state index contributed by atoms with van der Waals surface area (Å²) < 4.78 is 15.9. The molecule has 3 heterocycles. The summed E-state index contributed by atoms with van der Waals surface area (Å²) in [6.45, 7) is 5.60. The summed E-state index contributed by atoms with van der Waals surface area (Å²) in [5.74, 6) is 0.397. The third-order valence-electron chi connectivity index (χ3n) is 4.28. The highest BCUT2D eigenvalue weighted by Crippen LogP contribution is 2.22. The van der Waals surface area contributed by atoms with Gasteiger partial charge < -0.3 is 19.2 Å². The Balaban J connectivity index is 1.59. The van der Waals surface area contributed by atoms with Crippen LogP contribution in [-0.4, -0.2) is 62.9 Å². The van der Waals surface area contributed by atoms with Gasteiger partial charge in [-0.3, -0.25) is 9.69 Å². The number of morpholine rings is 1. The lowest BCUT2D eigenvalue weighted by Crippen LogP contribution is -2.52. The fraction of sp³-hybridized carbons (Fsp3) is 0.667. The Morgan fingerprint density at radius 1 is 1.33 bits per heavy atom. The molecule has 0 aliphatic carbocycles. The minimum atomic E-state index is -0.0825. The van der Waals surface area contributed by atoms with Crippen LogP contribution in [0.15, 0.2) is 23.0 Å². The maximum absolute atomic E-state index is 12.1. The molecule has 0 unspecified atom stereocenters. The number of amides is 1. The van der Waals surface area contributed by atoms with Crippen molar-refractivity contribution in [3.05, 3.63) is 24.2 Å². The lowest BCUT2D eigenvalue weighted by atomic mass is 9.96. The van der Waals surface area contributed by atoms with Crippen LogP contribution in [-0.2, 0) is 9.47 Å². The maximum atomic E-state index is 12.1. The van der Waals surface area contributed by atoms with Crippen molar-refractivity contribution in [3.63, 3.8) is 0 Å². The summed E-state index contributed by atoms with van der Waals surface area (Å²) in [6, 6.07) is 1.99. The van der Waals surface area contributed by atoms with Gasteiger partial charge in [0.15, 0.2) is 0 Å². The predicted molar refractivity (Wildman–Crippen MR) is 76.1 cm³/mol. The second kappa shape index (κ2) is 7.06. The minimum absolute atomic E-state index is 0.0825. The van der Waals surface area contributed by atoms with Crippen molar-refractivity contribution in [1.82, 2.24) is 10.2 Å². The number of hydrogen-bond acceptors (Lipinski definition) is 5. The molecule has 1 aromatic heterocycles. The molecule has 1 aromatic rings. The van der Waals surface area contributed by atoms with Crippen LogP contribution in [0, 0.1) is 5.92 Å². The molecule has 2 atom stereocenters. The first kappa shape index (κ1) is 14.6. The summed E-state index contributed by atoms with van der Waals surface area (Å²) in [6.07, 6.45) is 4.04. The highest BCUT2D eigenvalue weighted by molar-refractivity contribution is 5.93. The molecule has 1 N–H and O–H groups in total. The average Bonchev–Trinajstić information content (AvgIpc) is 3.22. The fourth-order valence-corrected chi connectivity index (χ4v) is 3.05. The largest absolute Gasteiger partial charge is 0.472 e. The van der Waals surface area contributed by atoms with E-state index in [4.69, 9.17) is 13.9 Å². The van der Waals surface area contributed by atoms with E-state index >= 15 is 0 Å². The van der Waals surface area contributed by atoms with Crippen molar-refractivity contribution in [3.8, 4) is 0 Å². The fourth-order valence-electron chi connectivity index (χ4n) is 3.05. The SMILES string of the molecule is O=C(NC[C@@H]([C@H]1CCOC1)N1CCOCC1)c1ccoc1. The molecule has 2 aliphatic rings. The van der Waals surface area contributed by atoms with Crippen LogP contribution in [0.4, 0.5) is 0 Å². The number of carbonyl (C=O) groups is 1. The van der Waals surface area contributed by atoms with Crippen LogP contribution in [0.5, 0.6) is 0 Å². The molecule has 0 saturated carbocycles. The molecule has 3 rings (SSSR count). The lowest BCUT2D eigenvalue weighted by Gasteiger charge is -2.37. The number of nitrogens with zero attached hydrogens (tertiary/aromatic N) is 1. The summed E-state index contributed by atoms with van der Waals surface area (Å²) in [7, 11) is 0. The summed E-state index contributed by atoms with van der Waals surface area (Å²) >= 11 is 0.